The molecule has 0 aromatic carbocycles. The fourth-order valence-corrected chi connectivity index (χ4v) is 2.05. The number of hydrogen-bond donors (Lipinski definition) is 1. The molecule has 0 unspecified atom stereocenters. The van der Waals surface area contributed by atoms with Crippen LogP contribution in [0.3, 0.4) is 0 Å². The van der Waals surface area contributed by atoms with Crippen LogP contribution >= 0.6 is 0 Å². The van der Waals surface area contributed by atoms with Crippen molar-refractivity contribution in [2.24, 2.45) is 0 Å². The first kappa shape index (κ1) is 13.7. The molecule has 1 saturated heterocycles. The van der Waals surface area contributed by atoms with Crippen molar-refractivity contribution in [1.82, 2.24) is 9.88 Å². The minimum absolute atomic E-state index is 0.00591. The molecule has 1 aromatic heterocycles. The molecule has 0 amide bonds. The first-order valence-electron chi connectivity index (χ1n) is 6.32. The summed E-state index contributed by atoms with van der Waals surface area (Å²) in [5.41, 5.74) is 0.00591. The maximum Gasteiger partial charge on any atom is 0.287 e. The number of morpholine rings is 1. The minimum Gasteiger partial charge on any atom is -0.379 e. The maximum absolute atomic E-state index is 10.5. The summed E-state index contributed by atoms with van der Waals surface area (Å²) < 4.78 is 5.30. The summed E-state index contributed by atoms with van der Waals surface area (Å²) in [6.45, 7) is 6.42. The number of nitro groups is 1. The molecule has 2 rings (SSSR count). The van der Waals surface area contributed by atoms with Crippen molar-refractivity contribution in [2.45, 2.75) is 13.0 Å². The van der Waals surface area contributed by atoms with Crippen LogP contribution in [0.1, 0.15) is 6.92 Å². The first-order chi connectivity index (χ1) is 9.15. The Kier molecular flexibility index (Phi) is 4.64. The van der Waals surface area contributed by atoms with Gasteiger partial charge < -0.3 is 10.1 Å². The van der Waals surface area contributed by atoms with Gasteiger partial charge in [-0.2, -0.15) is 0 Å². The normalized spacial score (nSPS) is 17.9. The lowest BCUT2D eigenvalue weighted by atomic mass is 10.3. The van der Waals surface area contributed by atoms with Gasteiger partial charge >= 0.3 is 0 Å². The molecule has 7 nitrogen and oxygen atoms in total. The molecule has 7 heteroatoms. The summed E-state index contributed by atoms with van der Waals surface area (Å²) >= 11 is 0. The van der Waals surface area contributed by atoms with Gasteiger partial charge in [-0.3, -0.25) is 15.0 Å². The highest BCUT2D eigenvalue weighted by molar-refractivity contribution is 5.40. The van der Waals surface area contributed by atoms with Gasteiger partial charge in [0.15, 0.2) is 0 Å². The van der Waals surface area contributed by atoms with Crippen molar-refractivity contribution in [3.05, 3.63) is 28.4 Å². The molecule has 1 aromatic rings. The number of pyridine rings is 1. The molecule has 1 aliphatic heterocycles. The molecule has 1 atom stereocenters. The van der Waals surface area contributed by atoms with Crippen molar-refractivity contribution < 1.29 is 9.66 Å². The molecule has 1 fully saturated rings. The van der Waals surface area contributed by atoms with Gasteiger partial charge in [0.25, 0.3) is 5.69 Å². The van der Waals surface area contributed by atoms with Crippen LogP contribution in [0.15, 0.2) is 18.3 Å². The van der Waals surface area contributed by atoms with E-state index in [0.717, 1.165) is 32.8 Å². The molecule has 0 radical (unpaired) electrons. The Morgan fingerprint density at radius 2 is 2.26 bits per heavy atom. The van der Waals surface area contributed by atoms with Gasteiger partial charge in [-0.1, -0.05) is 0 Å². The quantitative estimate of drug-likeness (QED) is 0.635. The molecule has 2 heterocycles. The van der Waals surface area contributed by atoms with Gasteiger partial charge in [0.05, 0.1) is 18.1 Å². The average Bonchev–Trinajstić information content (AvgIpc) is 2.40. The second-order valence-electron chi connectivity index (χ2n) is 4.62. The molecular formula is C12H18N4O3. The van der Waals surface area contributed by atoms with E-state index in [1.54, 1.807) is 6.07 Å². The largest absolute Gasteiger partial charge is 0.379 e. The zero-order valence-corrected chi connectivity index (χ0v) is 10.9. The van der Waals surface area contributed by atoms with E-state index < -0.39 is 4.92 Å². The van der Waals surface area contributed by atoms with Crippen LogP contribution in [0.25, 0.3) is 0 Å². The van der Waals surface area contributed by atoms with E-state index in [-0.39, 0.29) is 11.7 Å². The number of rotatable bonds is 5. The highest BCUT2D eigenvalue weighted by Gasteiger charge is 2.14. The fraction of sp³-hybridized carbons (Fsp3) is 0.583. The van der Waals surface area contributed by atoms with Crippen LogP contribution in [0.2, 0.25) is 0 Å². The van der Waals surface area contributed by atoms with Crippen LogP contribution < -0.4 is 5.32 Å². The molecule has 0 spiro atoms. The summed E-state index contributed by atoms with van der Waals surface area (Å²) in [5, 5.41) is 13.8. The van der Waals surface area contributed by atoms with E-state index in [9.17, 15) is 10.1 Å². The highest BCUT2D eigenvalue weighted by atomic mass is 16.6. The smallest absolute Gasteiger partial charge is 0.287 e. The topological polar surface area (TPSA) is 80.5 Å². The monoisotopic (exact) mass is 266 g/mol. The second-order valence-corrected chi connectivity index (χ2v) is 4.62. The molecule has 104 valence electrons. The standard InChI is InChI=1S/C12H18N4O3/c1-10(9-15-4-6-19-7-5-15)14-12-3-2-11(8-13-12)16(17)18/h2-3,8,10H,4-7,9H2,1H3,(H,13,14)/t10-/m1/s1. The molecule has 0 saturated carbocycles. The summed E-state index contributed by atoms with van der Waals surface area (Å²) in [6.07, 6.45) is 1.27. The SMILES string of the molecule is C[C@H](CN1CCOCC1)Nc1ccc([N+](=O)[O-])cn1. The number of anilines is 1. The summed E-state index contributed by atoms with van der Waals surface area (Å²) in [5.74, 6) is 0.659. The van der Waals surface area contributed by atoms with Crippen molar-refractivity contribution >= 4 is 11.5 Å². The number of hydrogen-bond acceptors (Lipinski definition) is 6. The van der Waals surface area contributed by atoms with E-state index in [2.05, 4.69) is 22.1 Å². The molecule has 1 N–H and O–H groups in total. The Morgan fingerprint density at radius 1 is 1.53 bits per heavy atom. The van der Waals surface area contributed by atoms with Crippen LogP contribution in [-0.4, -0.2) is 53.7 Å². The molecule has 1 aliphatic rings. The van der Waals surface area contributed by atoms with E-state index in [1.165, 1.54) is 12.3 Å². The average molecular weight is 266 g/mol. The van der Waals surface area contributed by atoms with Gasteiger partial charge in [0.2, 0.25) is 0 Å². The van der Waals surface area contributed by atoms with Gasteiger partial charge in [-0.05, 0) is 13.0 Å². The molecular weight excluding hydrogens is 248 g/mol. The van der Waals surface area contributed by atoms with E-state index in [4.69, 9.17) is 4.74 Å². The second kappa shape index (κ2) is 6.44. The zero-order valence-electron chi connectivity index (χ0n) is 10.9. The summed E-state index contributed by atoms with van der Waals surface area (Å²) in [6, 6.07) is 3.32. The van der Waals surface area contributed by atoms with Gasteiger partial charge in [0, 0.05) is 31.7 Å². The van der Waals surface area contributed by atoms with Crippen molar-refractivity contribution in [3.8, 4) is 0 Å². The van der Waals surface area contributed by atoms with Gasteiger partial charge in [-0.15, -0.1) is 0 Å². The van der Waals surface area contributed by atoms with Crippen molar-refractivity contribution in [2.75, 3.05) is 38.2 Å². The third-order valence-electron chi connectivity index (χ3n) is 2.99. The summed E-state index contributed by atoms with van der Waals surface area (Å²) in [7, 11) is 0. The van der Waals surface area contributed by atoms with Gasteiger partial charge in [0.1, 0.15) is 12.0 Å². The Bertz CT molecular complexity index is 417. The predicted octanol–water partition coefficient (Wildman–Crippen LogP) is 1.12. The number of ether oxygens (including phenoxy) is 1. The minimum atomic E-state index is -0.450. The van der Waals surface area contributed by atoms with Crippen LogP contribution in [0.5, 0.6) is 0 Å². The Morgan fingerprint density at radius 3 is 2.84 bits per heavy atom. The fourth-order valence-electron chi connectivity index (χ4n) is 2.05. The van der Waals surface area contributed by atoms with Crippen molar-refractivity contribution in [1.29, 1.82) is 0 Å². The highest BCUT2D eigenvalue weighted by Crippen LogP contribution is 2.12. The van der Waals surface area contributed by atoms with Gasteiger partial charge in [-0.25, -0.2) is 4.98 Å². The predicted molar refractivity (Wildman–Crippen MR) is 71.2 cm³/mol. The molecule has 19 heavy (non-hydrogen) atoms. The lowest BCUT2D eigenvalue weighted by Crippen LogP contribution is -2.42. The lowest BCUT2D eigenvalue weighted by molar-refractivity contribution is -0.385. The third-order valence-corrected chi connectivity index (χ3v) is 2.99. The Balaban J connectivity index is 1.83. The van der Waals surface area contributed by atoms with Crippen LogP contribution in [-0.2, 0) is 4.74 Å². The Hall–Kier alpha value is -1.73. The van der Waals surface area contributed by atoms with Crippen LogP contribution in [0.4, 0.5) is 11.5 Å². The Labute approximate surface area is 111 Å². The van der Waals surface area contributed by atoms with Crippen molar-refractivity contribution in [3.63, 3.8) is 0 Å². The van der Waals surface area contributed by atoms with E-state index in [0.29, 0.717) is 5.82 Å². The maximum atomic E-state index is 10.5. The summed E-state index contributed by atoms with van der Waals surface area (Å²) in [4.78, 5) is 16.4. The first-order valence-corrected chi connectivity index (χ1v) is 6.32. The van der Waals surface area contributed by atoms with Crippen LogP contribution in [0, 0.1) is 10.1 Å². The number of aromatic nitrogens is 1. The van der Waals surface area contributed by atoms with E-state index in [1.807, 2.05) is 0 Å². The molecule has 0 bridgehead atoms. The number of nitrogens with one attached hydrogen (secondary N) is 1. The van der Waals surface area contributed by atoms with E-state index >= 15 is 0 Å². The number of nitrogens with zero attached hydrogens (tertiary/aromatic N) is 3. The molecule has 0 aliphatic carbocycles. The lowest BCUT2D eigenvalue weighted by Gasteiger charge is -2.29. The zero-order chi connectivity index (χ0) is 13.7. The third kappa shape index (κ3) is 4.15.